The summed E-state index contributed by atoms with van der Waals surface area (Å²) in [5.41, 5.74) is 2.67. The highest BCUT2D eigenvalue weighted by Crippen LogP contribution is 2.22. The normalized spacial score (nSPS) is 10.1. The molecule has 1 aromatic rings. The van der Waals surface area contributed by atoms with Crippen LogP contribution in [0.25, 0.3) is 0 Å². The first-order valence-electron chi connectivity index (χ1n) is 3.65. The molecule has 0 atom stereocenters. The predicted octanol–water partition coefficient (Wildman–Crippen LogP) is 2.53. The molecule has 1 rings (SSSR count). The van der Waals surface area contributed by atoms with E-state index in [1.807, 2.05) is 7.05 Å². The summed E-state index contributed by atoms with van der Waals surface area (Å²) in [6, 6.07) is 6.35. The van der Waals surface area contributed by atoms with E-state index in [0.29, 0.717) is 0 Å². The van der Waals surface area contributed by atoms with Gasteiger partial charge in [0.1, 0.15) is 0 Å². The van der Waals surface area contributed by atoms with E-state index in [-0.39, 0.29) is 0 Å². The lowest BCUT2D eigenvalue weighted by Crippen LogP contribution is -1.94. The van der Waals surface area contributed by atoms with E-state index in [1.54, 1.807) is 11.9 Å². The lowest BCUT2D eigenvalue weighted by atomic mass is 10.2. The first kappa shape index (κ1) is 8.62. The van der Waals surface area contributed by atoms with E-state index in [1.165, 1.54) is 16.0 Å². The van der Waals surface area contributed by atoms with Gasteiger partial charge in [0, 0.05) is 4.90 Å². The van der Waals surface area contributed by atoms with E-state index in [2.05, 4.69) is 36.8 Å². The highest BCUT2D eigenvalue weighted by atomic mass is 32.2. The molecule has 1 N–H and O–H groups in total. The summed E-state index contributed by atoms with van der Waals surface area (Å²) in [4.78, 5) is 1.34. The Bertz CT molecular complexity index is 225. The van der Waals surface area contributed by atoms with Crippen LogP contribution in [0.5, 0.6) is 0 Å². The van der Waals surface area contributed by atoms with Crippen molar-refractivity contribution in [1.29, 1.82) is 0 Å². The molecule has 0 spiro atoms. The topological polar surface area (TPSA) is 12.0 Å². The molecule has 0 aliphatic heterocycles. The molecule has 2 heteroatoms. The van der Waals surface area contributed by atoms with Gasteiger partial charge < -0.3 is 0 Å². The van der Waals surface area contributed by atoms with Crippen molar-refractivity contribution in [2.24, 2.45) is 0 Å². The van der Waals surface area contributed by atoms with Gasteiger partial charge in [-0.25, -0.2) is 0 Å². The van der Waals surface area contributed by atoms with Crippen LogP contribution in [0.15, 0.2) is 23.1 Å². The predicted molar refractivity (Wildman–Crippen MR) is 50.8 cm³/mol. The van der Waals surface area contributed by atoms with E-state index >= 15 is 0 Å². The standard InChI is InChI=1S/C9H13NS/c1-7-5-4-6-8(2)9(7)11-10-3/h4-6,10H,1-3H3. The van der Waals surface area contributed by atoms with Gasteiger partial charge in [-0.05, 0) is 44.0 Å². The highest BCUT2D eigenvalue weighted by molar-refractivity contribution is 7.97. The van der Waals surface area contributed by atoms with Gasteiger partial charge >= 0.3 is 0 Å². The van der Waals surface area contributed by atoms with Crippen molar-refractivity contribution in [3.05, 3.63) is 29.3 Å². The molecule has 0 aliphatic rings. The summed E-state index contributed by atoms with van der Waals surface area (Å²) >= 11 is 1.68. The van der Waals surface area contributed by atoms with Gasteiger partial charge in [0.25, 0.3) is 0 Å². The Morgan fingerprint density at radius 3 is 2.18 bits per heavy atom. The molecule has 0 aliphatic carbocycles. The third-order valence-corrected chi connectivity index (χ3v) is 2.67. The zero-order valence-corrected chi connectivity index (χ0v) is 7.96. The average Bonchev–Trinajstić information content (AvgIpc) is 1.97. The number of nitrogens with one attached hydrogen (secondary N) is 1. The molecule has 1 aromatic carbocycles. The first-order valence-corrected chi connectivity index (χ1v) is 4.47. The summed E-state index contributed by atoms with van der Waals surface area (Å²) in [6.45, 7) is 4.26. The second-order valence-electron chi connectivity index (χ2n) is 2.53. The Balaban J connectivity index is 3.00. The molecular formula is C9H13NS. The molecule has 0 bridgehead atoms. The second kappa shape index (κ2) is 3.79. The van der Waals surface area contributed by atoms with Crippen LogP contribution in [-0.2, 0) is 0 Å². The summed E-state index contributed by atoms with van der Waals surface area (Å²) in [5.74, 6) is 0. The van der Waals surface area contributed by atoms with Gasteiger partial charge in [0.05, 0.1) is 0 Å². The van der Waals surface area contributed by atoms with Crippen LogP contribution < -0.4 is 4.72 Å². The van der Waals surface area contributed by atoms with Crippen LogP contribution in [-0.4, -0.2) is 7.05 Å². The number of benzene rings is 1. The summed E-state index contributed by atoms with van der Waals surface area (Å²) < 4.78 is 3.08. The molecule has 0 amide bonds. The van der Waals surface area contributed by atoms with Crippen molar-refractivity contribution in [3.63, 3.8) is 0 Å². The quantitative estimate of drug-likeness (QED) is 0.679. The minimum absolute atomic E-state index is 1.34. The van der Waals surface area contributed by atoms with Crippen molar-refractivity contribution >= 4 is 11.9 Å². The van der Waals surface area contributed by atoms with Gasteiger partial charge in [-0.2, -0.15) is 0 Å². The van der Waals surface area contributed by atoms with Crippen molar-refractivity contribution in [2.75, 3.05) is 7.05 Å². The van der Waals surface area contributed by atoms with Gasteiger partial charge in [0.2, 0.25) is 0 Å². The first-order chi connectivity index (χ1) is 5.25. The lowest BCUT2D eigenvalue weighted by Gasteiger charge is -2.06. The molecule has 0 radical (unpaired) electrons. The van der Waals surface area contributed by atoms with Crippen LogP contribution in [0.1, 0.15) is 11.1 Å². The summed E-state index contributed by atoms with van der Waals surface area (Å²) in [7, 11) is 1.94. The van der Waals surface area contributed by atoms with Crippen LogP contribution in [0.2, 0.25) is 0 Å². The van der Waals surface area contributed by atoms with E-state index in [0.717, 1.165) is 0 Å². The molecule has 0 saturated carbocycles. The Hall–Kier alpha value is -0.470. The van der Waals surface area contributed by atoms with E-state index in [9.17, 15) is 0 Å². The third kappa shape index (κ3) is 1.98. The maximum Gasteiger partial charge on any atom is 0.0286 e. The Labute approximate surface area is 72.3 Å². The molecule has 0 heterocycles. The van der Waals surface area contributed by atoms with Crippen LogP contribution in [0.4, 0.5) is 0 Å². The van der Waals surface area contributed by atoms with Gasteiger partial charge in [-0.15, -0.1) is 0 Å². The van der Waals surface area contributed by atoms with Gasteiger partial charge in [-0.3, -0.25) is 4.72 Å². The van der Waals surface area contributed by atoms with Crippen molar-refractivity contribution < 1.29 is 0 Å². The lowest BCUT2D eigenvalue weighted by molar-refractivity contribution is 1.19. The zero-order chi connectivity index (χ0) is 8.27. The molecule has 0 fully saturated rings. The molecule has 60 valence electrons. The van der Waals surface area contributed by atoms with Crippen LogP contribution in [0.3, 0.4) is 0 Å². The minimum atomic E-state index is 1.34. The second-order valence-corrected chi connectivity index (χ2v) is 3.55. The summed E-state index contributed by atoms with van der Waals surface area (Å²) in [6.07, 6.45) is 0. The van der Waals surface area contributed by atoms with Crippen molar-refractivity contribution in [1.82, 2.24) is 4.72 Å². The van der Waals surface area contributed by atoms with Crippen LogP contribution >= 0.6 is 11.9 Å². The van der Waals surface area contributed by atoms with E-state index < -0.39 is 0 Å². The Morgan fingerprint density at radius 1 is 1.18 bits per heavy atom. The summed E-state index contributed by atoms with van der Waals surface area (Å²) in [5, 5.41) is 0. The van der Waals surface area contributed by atoms with Gasteiger partial charge in [0.15, 0.2) is 0 Å². The number of rotatable bonds is 2. The monoisotopic (exact) mass is 167 g/mol. The molecular weight excluding hydrogens is 154 g/mol. The molecule has 1 nitrogen and oxygen atoms in total. The zero-order valence-electron chi connectivity index (χ0n) is 7.14. The number of aryl methyl sites for hydroxylation is 2. The molecule has 11 heavy (non-hydrogen) atoms. The van der Waals surface area contributed by atoms with Gasteiger partial charge in [-0.1, -0.05) is 18.2 Å². The molecule has 0 saturated heterocycles. The molecule has 0 aromatic heterocycles. The maximum atomic E-state index is 3.08. The fourth-order valence-electron chi connectivity index (χ4n) is 1.06. The molecule has 0 unspecified atom stereocenters. The Morgan fingerprint density at radius 2 is 1.73 bits per heavy atom. The fraction of sp³-hybridized carbons (Fsp3) is 0.333. The van der Waals surface area contributed by atoms with E-state index in [4.69, 9.17) is 0 Å². The smallest absolute Gasteiger partial charge is 0.0286 e. The number of hydrogen-bond donors (Lipinski definition) is 1. The highest BCUT2D eigenvalue weighted by Gasteiger charge is 1.99. The largest absolute Gasteiger partial charge is 0.263 e. The average molecular weight is 167 g/mol. The SMILES string of the molecule is CNSc1c(C)cccc1C. The Kier molecular flexibility index (Phi) is 2.97. The fourth-order valence-corrected chi connectivity index (χ4v) is 1.72. The van der Waals surface area contributed by atoms with Crippen molar-refractivity contribution in [3.8, 4) is 0 Å². The minimum Gasteiger partial charge on any atom is -0.263 e. The van der Waals surface area contributed by atoms with Crippen molar-refractivity contribution in [2.45, 2.75) is 18.7 Å². The van der Waals surface area contributed by atoms with Crippen LogP contribution in [0, 0.1) is 13.8 Å². The third-order valence-electron chi connectivity index (χ3n) is 1.61. The number of hydrogen-bond acceptors (Lipinski definition) is 2. The maximum absolute atomic E-state index is 3.08.